The van der Waals surface area contributed by atoms with E-state index in [2.05, 4.69) is 0 Å². The van der Waals surface area contributed by atoms with Crippen LogP contribution in [0.25, 0.3) is 0 Å². The summed E-state index contributed by atoms with van der Waals surface area (Å²) in [6.45, 7) is 0.739. The summed E-state index contributed by atoms with van der Waals surface area (Å²) >= 11 is 0. The highest BCUT2D eigenvalue weighted by molar-refractivity contribution is 7.92. The second-order valence-electron chi connectivity index (χ2n) is 6.67. The smallest absolute Gasteiger partial charge is 0.227 e. The molecule has 23 heavy (non-hydrogen) atoms. The molecule has 2 aliphatic heterocycles. The van der Waals surface area contributed by atoms with Crippen LogP contribution in [-0.4, -0.2) is 73.5 Å². The summed E-state index contributed by atoms with van der Waals surface area (Å²) in [5.74, 6) is 0.118. The van der Waals surface area contributed by atoms with Crippen LogP contribution in [0.4, 0.5) is 0 Å². The van der Waals surface area contributed by atoms with Gasteiger partial charge in [0.1, 0.15) is 5.75 Å². The number of sulfone groups is 1. The highest BCUT2D eigenvalue weighted by Gasteiger charge is 2.53. The van der Waals surface area contributed by atoms with E-state index in [9.17, 15) is 18.3 Å². The van der Waals surface area contributed by atoms with Crippen LogP contribution in [0, 0.1) is 5.92 Å². The summed E-state index contributed by atoms with van der Waals surface area (Å²) < 4.78 is 24.7. The minimum absolute atomic E-state index is 0.0247. The molecule has 0 aliphatic carbocycles. The number of carbonyl (C=O) groups is 1. The fourth-order valence-corrected chi connectivity index (χ4v) is 6.18. The molecule has 2 fully saturated rings. The van der Waals surface area contributed by atoms with Crippen LogP contribution in [0.3, 0.4) is 0 Å². The third kappa shape index (κ3) is 2.95. The Morgan fingerprint density at radius 3 is 2.65 bits per heavy atom. The number of hydrogen-bond donors (Lipinski definition) is 1. The first-order valence-electron chi connectivity index (χ1n) is 7.72. The maximum Gasteiger partial charge on any atom is 0.227 e. The monoisotopic (exact) mass is 338 g/mol. The van der Waals surface area contributed by atoms with E-state index in [1.54, 1.807) is 29.2 Å². The molecular weight excluding hydrogens is 316 g/mol. The van der Waals surface area contributed by atoms with E-state index in [1.807, 2.05) is 19.0 Å². The molecule has 1 aromatic carbocycles. The van der Waals surface area contributed by atoms with E-state index in [1.165, 1.54) is 0 Å². The number of hydrogen-bond acceptors (Lipinski definition) is 5. The van der Waals surface area contributed by atoms with Gasteiger partial charge in [-0.25, -0.2) is 8.42 Å². The number of likely N-dealkylation sites (tertiary alicyclic amines) is 1. The molecule has 0 saturated carbocycles. The highest BCUT2D eigenvalue weighted by Crippen LogP contribution is 2.36. The molecule has 3 atom stereocenters. The third-order valence-corrected chi connectivity index (χ3v) is 7.24. The van der Waals surface area contributed by atoms with Gasteiger partial charge in [-0.3, -0.25) is 4.79 Å². The molecule has 0 spiro atoms. The fraction of sp³-hybridized carbons (Fsp3) is 0.562. The van der Waals surface area contributed by atoms with Crippen molar-refractivity contribution < 1.29 is 18.3 Å². The zero-order chi connectivity index (χ0) is 16.8. The summed E-state index contributed by atoms with van der Waals surface area (Å²) in [6, 6.07) is 6.70. The maximum absolute atomic E-state index is 12.5. The number of nitrogens with zero attached hydrogens (tertiary/aromatic N) is 2. The van der Waals surface area contributed by atoms with Crippen molar-refractivity contribution in [2.45, 2.75) is 17.7 Å². The molecule has 0 bridgehead atoms. The van der Waals surface area contributed by atoms with Gasteiger partial charge in [0.15, 0.2) is 9.84 Å². The average molecular weight is 338 g/mol. The lowest BCUT2D eigenvalue weighted by molar-refractivity contribution is -0.129. The molecule has 2 heterocycles. The normalized spacial score (nSPS) is 29.0. The summed E-state index contributed by atoms with van der Waals surface area (Å²) in [6.07, 6.45) is 0.0960. The molecule has 3 rings (SSSR count). The summed E-state index contributed by atoms with van der Waals surface area (Å²) in [5, 5.41) is 9.33. The van der Waals surface area contributed by atoms with Gasteiger partial charge in [0.05, 0.1) is 17.4 Å². The molecule has 1 amide bonds. The molecule has 2 aliphatic rings. The lowest BCUT2D eigenvalue weighted by Crippen LogP contribution is -2.39. The van der Waals surface area contributed by atoms with Crippen molar-refractivity contribution in [1.29, 1.82) is 0 Å². The minimum atomic E-state index is -3.15. The Morgan fingerprint density at radius 1 is 1.30 bits per heavy atom. The van der Waals surface area contributed by atoms with E-state index in [4.69, 9.17) is 0 Å². The third-order valence-electron chi connectivity index (χ3n) is 5.02. The second-order valence-corrected chi connectivity index (χ2v) is 8.93. The molecular formula is C16H22N2O4S. The second kappa shape index (κ2) is 5.79. The maximum atomic E-state index is 12.5. The van der Waals surface area contributed by atoms with E-state index < -0.39 is 15.1 Å². The summed E-state index contributed by atoms with van der Waals surface area (Å²) in [4.78, 5) is 16.1. The molecule has 0 unspecified atom stereocenters. The van der Waals surface area contributed by atoms with Gasteiger partial charge in [0.2, 0.25) is 5.91 Å². The van der Waals surface area contributed by atoms with Crippen LogP contribution in [0.2, 0.25) is 0 Å². The van der Waals surface area contributed by atoms with Gasteiger partial charge in [-0.2, -0.15) is 0 Å². The minimum Gasteiger partial charge on any atom is -0.508 e. The topological polar surface area (TPSA) is 77.9 Å². The standard InChI is InChI=1S/C16H22N2O4S/c1-17(2)13-10-23(21,22)15-9-18(8-12(13)15)16(20)7-11-5-3-4-6-14(11)19/h3-6,12-13,15,19H,7-10H2,1-2H3/t12-,13+,15-/m0/s1. The van der Waals surface area contributed by atoms with Crippen molar-refractivity contribution in [3.05, 3.63) is 29.8 Å². The van der Waals surface area contributed by atoms with Crippen molar-refractivity contribution in [1.82, 2.24) is 9.80 Å². The van der Waals surface area contributed by atoms with Crippen LogP contribution < -0.4 is 0 Å². The average Bonchev–Trinajstić information content (AvgIpc) is 3.01. The van der Waals surface area contributed by atoms with Gasteiger partial charge in [-0.15, -0.1) is 0 Å². The Balaban J connectivity index is 1.75. The zero-order valence-electron chi connectivity index (χ0n) is 13.3. The van der Waals surface area contributed by atoms with Gasteiger partial charge in [0, 0.05) is 30.6 Å². The van der Waals surface area contributed by atoms with Gasteiger partial charge in [-0.1, -0.05) is 18.2 Å². The van der Waals surface area contributed by atoms with Crippen LogP contribution >= 0.6 is 0 Å². The SMILES string of the molecule is CN(C)[C@@H]1CS(=O)(=O)[C@H]2CN(C(=O)Cc3ccccc3O)C[C@@H]12. The molecule has 2 saturated heterocycles. The van der Waals surface area contributed by atoms with Gasteiger partial charge < -0.3 is 14.9 Å². The van der Waals surface area contributed by atoms with Crippen LogP contribution in [0.5, 0.6) is 5.75 Å². The van der Waals surface area contributed by atoms with Crippen molar-refractivity contribution in [2.24, 2.45) is 5.92 Å². The Kier molecular flexibility index (Phi) is 4.10. The number of aromatic hydroxyl groups is 1. The largest absolute Gasteiger partial charge is 0.508 e. The van der Waals surface area contributed by atoms with Crippen LogP contribution in [0.1, 0.15) is 5.56 Å². The molecule has 6 nitrogen and oxygen atoms in total. The van der Waals surface area contributed by atoms with Gasteiger partial charge in [0.25, 0.3) is 0 Å². The summed E-state index contributed by atoms with van der Waals surface area (Å²) in [5.41, 5.74) is 0.571. The number of phenolic OH excluding ortho intramolecular Hbond substituents is 1. The van der Waals surface area contributed by atoms with Crippen molar-refractivity contribution >= 4 is 15.7 Å². The quantitative estimate of drug-likeness (QED) is 0.847. The molecule has 1 aromatic rings. The number of benzene rings is 1. The van der Waals surface area contributed by atoms with Gasteiger partial charge in [-0.05, 0) is 20.2 Å². The predicted molar refractivity (Wildman–Crippen MR) is 86.9 cm³/mol. The van der Waals surface area contributed by atoms with Gasteiger partial charge >= 0.3 is 0 Å². The first-order chi connectivity index (χ1) is 10.8. The number of carbonyl (C=O) groups excluding carboxylic acids is 1. The van der Waals surface area contributed by atoms with Crippen molar-refractivity contribution in [3.63, 3.8) is 0 Å². The van der Waals surface area contributed by atoms with Crippen molar-refractivity contribution in [2.75, 3.05) is 32.9 Å². The number of fused-ring (bicyclic) bond motifs is 1. The molecule has 7 heteroatoms. The Bertz CT molecular complexity index is 717. The number of rotatable bonds is 3. The number of amides is 1. The van der Waals surface area contributed by atoms with E-state index in [0.29, 0.717) is 12.1 Å². The zero-order valence-corrected chi connectivity index (χ0v) is 14.2. The fourth-order valence-electron chi connectivity index (χ4n) is 3.70. The molecule has 0 aromatic heterocycles. The Morgan fingerprint density at radius 2 is 2.00 bits per heavy atom. The number of phenols is 1. The molecule has 126 valence electrons. The van der Waals surface area contributed by atoms with Crippen molar-refractivity contribution in [3.8, 4) is 5.75 Å². The van der Waals surface area contributed by atoms with E-state index in [-0.39, 0.29) is 42.3 Å². The van der Waals surface area contributed by atoms with Crippen LogP contribution in [-0.2, 0) is 21.1 Å². The van der Waals surface area contributed by atoms with E-state index in [0.717, 1.165) is 0 Å². The van der Waals surface area contributed by atoms with E-state index >= 15 is 0 Å². The Hall–Kier alpha value is -1.60. The highest BCUT2D eigenvalue weighted by atomic mass is 32.2. The lowest BCUT2D eigenvalue weighted by Gasteiger charge is -2.25. The number of para-hydroxylation sites is 1. The first kappa shape index (κ1) is 16.3. The molecule has 1 N–H and O–H groups in total. The lowest BCUT2D eigenvalue weighted by atomic mass is 10.00. The molecule has 0 radical (unpaired) electrons. The Labute approximate surface area is 136 Å². The first-order valence-corrected chi connectivity index (χ1v) is 9.44. The predicted octanol–water partition coefficient (Wildman–Crippen LogP) is 0.120. The summed E-state index contributed by atoms with van der Waals surface area (Å²) in [7, 11) is 0.618. The van der Waals surface area contributed by atoms with Crippen LogP contribution in [0.15, 0.2) is 24.3 Å².